The van der Waals surface area contributed by atoms with Gasteiger partial charge >= 0.3 is 0 Å². The van der Waals surface area contributed by atoms with Crippen LogP contribution in [0.4, 0.5) is 5.82 Å². The van der Waals surface area contributed by atoms with Crippen LogP contribution < -0.4 is 0 Å². The Morgan fingerprint density at radius 2 is 2.25 bits per heavy atom. The molecule has 0 aliphatic carbocycles. The fraction of sp³-hybridized carbons (Fsp3) is 0.300. The molecule has 1 aliphatic heterocycles. The molecule has 0 spiro atoms. The monoisotopic (exact) mass is 213 g/mol. The molecule has 1 aromatic rings. The Morgan fingerprint density at radius 1 is 1.50 bits per heavy atom. The maximum atomic E-state index is 11.6. The number of fused-ring (bicyclic) bond motifs is 1. The predicted molar refractivity (Wildman–Crippen MR) is 54.3 cm³/mol. The van der Waals surface area contributed by atoms with Crippen molar-refractivity contribution in [2.45, 2.75) is 19.8 Å². The standard InChI is InChI=1S/C10H7N5O/c1-6-4-9(16)15-10(13-6)7(5-12)8(14-15)2-3-11/h2,4H2,1H3. The van der Waals surface area contributed by atoms with Gasteiger partial charge in [-0.25, -0.2) is 4.99 Å². The summed E-state index contributed by atoms with van der Waals surface area (Å²) >= 11 is 0. The largest absolute Gasteiger partial charge is 0.272 e. The van der Waals surface area contributed by atoms with Crippen LogP contribution in [-0.2, 0) is 6.42 Å². The fourth-order valence-electron chi connectivity index (χ4n) is 1.56. The number of hydrogen-bond acceptors (Lipinski definition) is 5. The highest BCUT2D eigenvalue weighted by Crippen LogP contribution is 2.26. The van der Waals surface area contributed by atoms with Crippen LogP contribution in [0.15, 0.2) is 4.99 Å². The van der Waals surface area contributed by atoms with Crippen LogP contribution in [-0.4, -0.2) is 21.4 Å². The van der Waals surface area contributed by atoms with Crippen molar-refractivity contribution in [3.05, 3.63) is 11.3 Å². The molecule has 0 amide bonds. The van der Waals surface area contributed by atoms with Gasteiger partial charge in [-0.3, -0.25) is 4.79 Å². The van der Waals surface area contributed by atoms with Gasteiger partial charge in [-0.1, -0.05) is 0 Å². The zero-order chi connectivity index (χ0) is 11.7. The fourth-order valence-corrected chi connectivity index (χ4v) is 1.56. The molecule has 1 aromatic heterocycles. The molecule has 1 aliphatic rings. The lowest BCUT2D eigenvalue weighted by Crippen LogP contribution is -2.19. The summed E-state index contributed by atoms with van der Waals surface area (Å²) in [5.41, 5.74) is 1.18. The van der Waals surface area contributed by atoms with E-state index in [-0.39, 0.29) is 30.1 Å². The molecule has 0 unspecified atom stereocenters. The molecule has 0 fully saturated rings. The van der Waals surface area contributed by atoms with Crippen LogP contribution in [0, 0.1) is 22.7 Å². The molecule has 0 aromatic carbocycles. The van der Waals surface area contributed by atoms with Gasteiger partial charge in [0, 0.05) is 5.71 Å². The minimum absolute atomic E-state index is 0.00470. The van der Waals surface area contributed by atoms with E-state index >= 15 is 0 Å². The predicted octanol–water partition coefficient (Wildman–Crippen LogP) is 0.957. The van der Waals surface area contributed by atoms with Crippen molar-refractivity contribution < 1.29 is 4.79 Å². The third-order valence-corrected chi connectivity index (χ3v) is 2.23. The molecule has 2 heterocycles. The van der Waals surface area contributed by atoms with Gasteiger partial charge in [-0.05, 0) is 6.92 Å². The van der Waals surface area contributed by atoms with E-state index in [0.29, 0.717) is 11.4 Å². The highest BCUT2D eigenvalue weighted by Gasteiger charge is 2.25. The number of nitrogens with zero attached hydrogens (tertiary/aromatic N) is 5. The first kappa shape index (κ1) is 10.1. The average molecular weight is 213 g/mol. The molecule has 16 heavy (non-hydrogen) atoms. The van der Waals surface area contributed by atoms with E-state index in [1.54, 1.807) is 6.92 Å². The maximum absolute atomic E-state index is 11.6. The molecule has 0 radical (unpaired) electrons. The van der Waals surface area contributed by atoms with E-state index in [2.05, 4.69) is 10.1 Å². The van der Waals surface area contributed by atoms with Gasteiger partial charge in [0.15, 0.2) is 5.82 Å². The Bertz CT molecular complexity index is 582. The number of rotatable bonds is 1. The lowest BCUT2D eigenvalue weighted by Gasteiger charge is -2.08. The molecule has 6 nitrogen and oxygen atoms in total. The van der Waals surface area contributed by atoms with Crippen LogP contribution in [0.1, 0.15) is 29.4 Å². The minimum Gasteiger partial charge on any atom is -0.272 e. The lowest BCUT2D eigenvalue weighted by molar-refractivity contribution is 0.0905. The Morgan fingerprint density at radius 3 is 2.88 bits per heavy atom. The number of nitriles is 2. The molecule has 0 saturated carbocycles. The van der Waals surface area contributed by atoms with Crippen molar-refractivity contribution in [2.24, 2.45) is 4.99 Å². The molecule has 2 rings (SSSR count). The molecular weight excluding hydrogens is 206 g/mol. The summed E-state index contributed by atoms with van der Waals surface area (Å²) in [6, 6.07) is 3.84. The quantitative estimate of drug-likeness (QED) is 0.694. The third-order valence-electron chi connectivity index (χ3n) is 2.23. The van der Waals surface area contributed by atoms with Crippen molar-refractivity contribution in [1.82, 2.24) is 9.78 Å². The highest BCUT2D eigenvalue weighted by atomic mass is 16.2. The summed E-state index contributed by atoms with van der Waals surface area (Å²) < 4.78 is 1.11. The van der Waals surface area contributed by atoms with Crippen molar-refractivity contribution >= 4 is 17.4 Å². The van der Waals surface area contributed by atoms with Gasteiger partial charge in [0.2, 0.25) is 0 Å². The number of carbonyl (C=O) groups is 1. The molecule has 0 N–H and O–H groups in total. The molecular formula is C10H7N5O. The zero-order valence-corrected chi connectivity index (χ0v) is 8.56. The van der Waals surface area contributed by atoms with Crippen molar-refractivity contribution in [3.8, 4) is 12.1 Å². The van der Waals surface area contributed by atoms with Gasteiger partial charge in [-0.15, -0.1) is 0 Å². The van der Waals surface area contributed by atoms with Crippen LogP contribution in [0.3, 0.4) is 0 Å². The van der Waals surface area contributed by atoms with Crippen LogP contribution in [0.25, 0.3) is 0 Å². The molecule has 6 heteroatoms. The number of hydrogen-bond donors (Lipinski definition) is 0. The summed E-state index contributed by atoms with van der Waals surface area (Å²) in [5, 5.41) is 21.5. The second kappa shape index (κ2) is 3.59. The second-order valence-corrected chi connectivity index (χ2v) is 3.42. The third kappa shape index (κ3) is 1.37. The van der Waals surface area contributed by atoms with Crippen molar-refractivity contribution in [2.75, 3.05) is 0 Å². The Labute approximate surface area is 91.4 Å². The second-order valence-electron chi connectivity index (χ2n) is 3.42. The Balaban J connectivity index is 2.67. The first-order chi connectivity index (χ1) is 7.67. The minimum atomic E-state index is -0.219. The average Bonchev–Trinajstić information content (AvgIpc) is 2.56. The zero-order valence-electron chi connectivity index (χ0n) is 8.56. The first-order valence-corrected chi connectivity index (χ1v) is 4.63. The summed E-state index contributed by atoms with van der Waals surface area (Å²) in [4.78, 5) is 15.7. The van der Waals surface area contributed by atoms with Crippen molar-refractivity contribution in [3.63, 3.8) is 0 Å². The summed E-state index contributed by atoms with van der Waals surface area (Å²) in [6.07, 6.45) is 0.205. The first-order valence-electron chi connectivity index (χ1n) is 4.63. The molecule has 0 atom stereocenters. The number of aromatic nitrogens is 2. The van der Waals surface area contributed by atoms with E-state index in [1.807, 2.05) is 12.1 Å². The van der Waals surface area contributed by atoms with E-state index in [9.17, 15) is 4.79 Å². The smallest absolute Gasteiger partial charge is 0.254 e. The van der Waals surface area contributed by atoms with Gasteiger partial charge in [0.1, 0.15) is 11.6 Å². The maximum Gasteiger partial charge on any atom is 0.254 e. The SMILES string of the molecule is CC1=Nc2c(C#N)c(CC#N)nn2C(=O)C1. The lowest BCUT2D eigenvalue weighted by atomic mass is 10.2. The van der Waals surface area contributed by atoms with E-state index in [4.69, 9.17) is 10.5 Å². The summed E-state index contributed by atoms with van der Waals surface area (Å²) in [6.45, 7) is 1.72. The van der Waals surface area contributed by atoms with Gasteiger partial charge in [-0.2, -0.15) is 20.3 Å². The van der Waals surface area contributed by atoms with E-state index in [0.717, 1.165) is 4.68 Å². The normalized spacial score (nSPS) is 13.7. The summed E-state index contributed by atoms with van der Waals surface area (Å²) in [5.74, 6) is 0.0321. The van der Waals surface area contributed by atoms with E-state index in [1.165, 1.54) is 0 Å². The van der Waals surface area contributed by atoms with Gasteiger partial charge in [0.25, 0.3) is 5.91 Å². The van der Waals surface area contributed by atoms with Crippen molar-refractivity contribution in [1.29, 1.82) is 10.5 Å². The number of aliphatic imine (C=N–C) groups is 1. The molecule has 0 saturated heterocycles. The molecule has 0 bridgehead atoms. The van der Waals surface area contributed by atoms with Gasteiger partial charge in [0.05, 0.1) is 24.6 Å². The van der Waals surface area contributed by atoms with E-state index < -0.39 is 0 Å². The Kier molecular flexibility index (Phi) is 2.26. The van der Waals surface area contributed by atoms with Crippen LogP contribution in [0.5, 0.6) is 0 Å². The molecule has 78 valence electrons. The number of carbonyl (C=O) groups excluding carboxylic acids is 1. The summed E-state index contributed by atoms with van der Waals surface area (Å²) in [7, 11) is 0. The van der Waals surface area contributed by atoms with Gasteiger partial charge < -0.3 is 0 Å². The topological polar surface area (TPSA) is 94.8 Å². The van der Waals surface area contributed by atoms with Crippen LogP contribution in [0.2, 0.25) is 0 Å². The van der Waals surface area contributed by atoms with Crippen LogP contribution >= 0.6 is 0 Å². The Hall–Kier alpha value is -2.47. The highest BCUT2D eigenvalue weighted by molar-refractivity contribution is 6.05.